The van der Waals surface area contributed by atoms with E-state index in [2.05, 4.69) is 0 Å². The smallest absolute Gasteiger partial charge is 0.302 e. The Kier molecular flexibility index (Phi) is 10.3. The molecular weight excluding hydrogens is 468 g/mol. The highest BCUT2D eigenvalue weighted by Gasteiger charge is 2.45. The molecular formula is C31H36O6. The zero-order chi connectivity index (χ0) is 25.9. The van der Waals surface area contributed by atoms with E-state index >= 15 is 0 Å². The van der Waals surface area contributed by atoms with Crippen LogP contribution in [0.5, 0.6) is 0 Å². The van der Waals surface area contributed by atoms with Crippen molar-refractivity contribution in [3.05, 3.63) is 108 Å². The first-order valence-corrected chi connectivity index (χ1v) is 12.8. The van der Waals surface area contributed by atoms with E-state index < -0.39 is 6.10 Å². The fourth-order valence-electron chi connectivity index (χ4n) is 4.47. The molecule has 0 aliphatic carbocycles. The molecule has 1 saturated heterocycles. The molecule has 5 atom stereocenters. The fourth-order valence-corrected chi connectivity index (χ4v) is 4.47. The number of ether oxygens (including phenoxy) is 5. The van der Waals surface area contributed by atoms with Crippen LogP contribution in [0.1, 0.15) is 30.5 Å². The third-order valence-electron chi connectivity index (χ3n) is 6.45. The Morgan fingerprint density at radius 2 is 1.22 bits per heavy atom. The van der Waals surface area contributed by atoms with Crippen LogP contribution < -0.4 is 0 Å². The van der Waals surface area contributed by atoms with Gasteiger partial charge in [0.1, 0.15) is 18.3 Å². The Morgan fingerprint density at radius 1 is 0.757 bits per heavy atom. The monoisotopic (exact) mass is 504 g/mol. The normalized spacial score (nSPS) is 22.3. The highest BCUT2D eigenvalue weighted by atomic mass is 16.6. The van der Waals surface area contributed by atoms with Crippen LogP contribution in [0.15, 0.2) is 91.0 Å². The molecule has 1 aliphatic rings. The lowest BCUT2D eigenvalue weighted by atomic mass is 9.91. The minimum atomic E-state index is -0.427. The van der Waals surface area contributed by atoms with Gasteiger partial charge in [-0.05, 0) is 16.7 Å². The van der Waals surface area contributed by atoms with Crippen LogP contribution in [0.4, 0.5) is 0 Å². The van der Waals surface area contributed by atoms with Crippen LogP contribution in [0.3, 0.4) is 0 Å². The second kappa shape index (κ2) is 14.1. The van der Waals surface area contributed by atoms with E-state index in [-0.39, 0.29) is 36.8 Å². The summed E-state index contributed by atoms with van der Waals surface area (Å²) < 4.78 is 31.1. The highest BCUT2D eigenvalue weighted by molar-refractivity contribution is 5.65. The molecule has 1 heterocycles. The Balaban J connectivity index is 1.55. The van der Waals surface area contributed by atoms with Crippen molar-refractivity contribution in [2.45, 2.75) is 58.1 Å². The van der Waals surface area contributed by atoms with Gasteiger partial charge in [0, 0.05) is 12.8 Å². The van der Waals surface area contributed by atoms with Crippen molar-refractivity contribution in [2.75, 3.05) is 13.2 Å². The maximum Gasteiger partial charge on any atom is 0.302 e. The van der Waals surface area contributed by atoms with Crippen molar-refractivity contribution in [1.82, 2.24) is 0 Å². The summed E-state index contributed by atoms with van der Waals surface area (Å²) in [5, 5.41) is 0. The van der Waals surface area contributed by atoms with Crippen molar-refractivity contribution in [3.63, 3.8) is 0 Å². The number of esters is 1. The molecule has 0 N–H and O–H groups in total. The van der Waals surface area contributed by atoms with Crippen LogP contribution in [-0.2, 0) is 48.3 Å². The van der Waals surface area contributed by atoms with Gasteiger partial charge in [-0.1, -0.05) is 97.9 Å². The summed E-state index contributed by atoms with van der Waals surface area (Å²) in [5.74, 6) is -0.409. The van der Waals surface area contributed by atoms with Gasteiger partial charge < -0.3 is 23.7 Å². The molecule has 0 aromatic heterocycles. The molecule has 0 saturated carbocycles. The summed E-state index contributed by atoms with van der Waals surface area (Å²) in [5.41, 5.74) is 3.21. The molecule has 3 unspecified atom stereocenters. The summed E-state index contributed by atoms with van der Waals surface area (Å²) in [6, 6.07) is 30.2. The molecule has 0 radical (unpaired) electrons. The molecule has 6 nitrogen and oxygen atoms in total. The van der Waals surface area contributed by atoms with E-state index in [1.807, 2.05) is 97.9 Å². The Hall–Kier alpha value is -3.03. The maximum atomic E-state index is 11.5. The summed E-state index contributed by atoms with van der Waals surface area (Å²) in [7, 11) is 0. The highest BCUT2D eigenvalue weighted by Crippen LogP contribution is 2.30. The van der Waals surface area contributed by atoms with Gasteiger partial charge in [-0.3, -0.25) is 4.79 Å². The first-order chi connectivity index (χ1) is 18.1. The standard InChI is InChI=1S/C31H36O6/c1-23(18-33-24(2)32)29-31(36-21-27-16-10-5-11-17-27)30(35-20-26-14-8-4-9-15-26)28(22-37-29)34-19-25-12-6-3-7-13-25/h3-17,23,28-31H,18-22H2,1-2H3/t23-,28?,29?,30?,31+/m0/s1. The fraction of sp³-hybridized carbons (Fsp3) is 0.387. The quantitative estimate of drug-likeness (QED) is 0.310. The van der Waals surface area contributed by atoms with Crippen LogP contribution in [0, 0.1) is 5.92 Å². The Labute approximate surface area is 219 Å². The summed E-state index contributed by atoms with van der Waals surface area (Å²) in [4.78, 5) is 11.5. The number of benzene rings is 3. The minimum absolute atomic E-state index is 0.0948. The number of rotatable bonds is 12. The molecule has 3 aromatic carbocycles. The first kappa shape index (κ1) is 27.0. The average molecular weight is 505 g/mol. The SMILES string of the molecule is CC(=O)OC[C@H](C)C1OCC(OCc2ccccc2)C(OCc2ccccc2)[C@@H]1OCc1ccccc1. The molecule has 1 fully saturated rings. The topological polar surface area (TPSA) is 63.2 Å². The molecule has 37 heavy (non-hydrogen) atoms. The lowest BCUT2D eigenvalue weighted by Crippen LogP contribution is -2.58. The summed E-state index contributed by atoms with van der Waals surface area (Å²) in [6.07, 6.45) is -1.47. The zero-order valence-electron chi connectivity index (χ0n) is 21.5. The third kappa shape index (κ3) is 8.23. The maximum absolute atomic E-state index is 11.5. The lowest BCUT2D eigenvalue weighted by Gasteiger charge is -2.44. The van der Waals surface area contributed by atoms with Crippen LogP contribution in [0.2, 0.25) is 0 Å². The molecule has 6 heteroatoms. The molecule has 4 rings (SSSR count). The van der Waals surface area contributed by atoms with Crippen LogP contribution in [-0.4, -0.2) is 43.6 Å². The molecule has 196 valence electrons. The van der Waals surface area contributed by atoms with Gasteiger partial charge in [0.2, 0.25) is 0 Å². The van der Waals surface area contributed by atoms with Gasteiger partial charge in [0.15, 0.2) is 0 Å². The average Bonchev–Trinajstić information content (AvgIpc) is 2.94. The van der Waals surface area contributed by atoms with E-state index in [4.69, 9.17) is 23.7 Å². The van der Waals surface area contributed by atoms with Gasteiger partial charge in [-0.2, -0.15) is 0 Å². The van der Waals surface area contributed by atoms with Crippen molar-refractivity contribution >= 4 is 5.97 Å². The van der Waals surface area contributed by atoms with Gasteiger partial charge in [-0.25, -0.2) is 0 Å². The predicted molar refractivity (Wildman–Crippen MR) is 141 cm³/mol. The molecule has 0 amide bonds. The van der Waals surface area contributed by atoms with Crippen LogP contribution in [0.25, 0.3) is 0 Å². The van der Waals surface area contributed by atoms with Crippen molar-refractivity contribution in [1.29, 1.82) is 0 Å². The van der Waals surface area contributed by atoms with E-state index in [0.29, 0.717) is 26.4 Å². The molecule has 3 aromatic rings. The van der Waals surface area contributed by atoms with Crippen molar-refractivity contribution in [3.8, 4) is 0 Å². The molecule has 0 spiro atoms. The van der Waals surface area contributed by atoms with Gasteiger partial charge in [-0.15, -0.1) is 0 Å². The number of hydrogen-bond acceptors (Lipinski definition) is 6. The van der Waals surface area contributed by atoms with E-state index in [9.17, 15) is 4.79 Å². The minimum Gasteiger partial charge on any atom is -0.465 e. The molecule has 0 bridgehead atoms. The lowest BCUT2D eigenvalue weighted by molar-refractivity contribution is -0.249. The summed E-state index contributed by atoms with van der Waals surface area (Å²) >= 11 is 0. The number of carbonyl (C=O) groups is 1. The van der Waals surface area contributed by atoms with Crippen molar-refractivity contribution in [2.24, 2.45) is 5.92 Å². The summed E-state index contributed by atoms with van der Waals surface area (Å²) in [6.45, 7) is 5.29. The van der Waals surface area contributed by atoms with Gasteiger partial charge in [0.25, 0.3) is 0 Å². The van der Waals surface area contributed by atoms with E-state index in [1.54, 1.807) is 0 Å². The zero-order valence-corrected chi connectivity index (χ0v) is 21.5. The predicted octanol–water partition coefficient (Wildman–Crippen LogP) is 5.34. The van der Waals surface area contributed by atoms with E-state index in [0.717, 1.165) is 16.7 Å². The largest absolute Gasteiger partial charge is 0.465 e. The number of carbonyl (C=O) groups excluding carboxylic acids is 1. The number of hydrogen-bond donors (Lipinski definition) is 0. The van der Waals surface area contributed by atoms with Gasteiger partial charge >= 0.3 is 5.97 Å². The molecule has 1 aliphatic heterocycles. The Bertz CT molecular complexity index is 1060. The van der Waals surface area contributed by atoms with Crippen molar-refractivity contribution < 1.29 is 28.5 Å². The third-order valence-corrected chi connectivity index (χ3v) is 6.45. The Morgan fingerprint density at radius 3 is 1.70 bits per heavy atom. The van der Waals surface area contributed by atoms with E-state index in [1.165, 1.54) is 6.92 Å². The first-order valence-electron chi connectivity index (χ1n) is 12.8. The van der Waals surface area contributed by atoms with Crippen LogP contribution >= 0.6 is 0 Å². The second-order valence-electron chi connectivity index (χ2n) is 9.44. The van der Waals surface area contributed by atoms with Gasteiger partial charge in [0.05, 0.1) is 39.1 Å². The second-order valence-corrected chi connectivity index (χ2v) is 9.44.